The summed E-state index contributed by atoms with van der Waals surface area (Å²) in [7, 11) is -2.06. The van der Waals surface area contributed by atoms with Gasteiger partial charge in [-0.25, -0.2) is 8.42 Å². The van der Waals surface area contributed by atoms with Gasteiger partial charge in [-0.2, -0.15) is 9.57 Å². The van der Waals surface area contributed by atoms with Gasteiger partial charge in [0.1, 0.15) is 5.75 Å². The van der Waals surface area contributed by atoms with E-state index in [2.05, 4.69) is 5.32 Å². The molecule has 35 heavy (non-hydrogen) atoms. The molecule has 1 fully saturated rings. The summed E-state index contributed by atoms with van der Waals surface area (Å²) in [5.41, 5.74) is 2.31. The van der Waals surface area contributed by atoms with Crippen LogP contribution in [0.25, 0.3) is 0 Å². The smallest absolute Gasteiger partial charge is 0.243 e. The van der Waals surface area contributed by atoms with Gasteiger partial charge in [-0.15, -0.1) is 0 Å². The second-order valence-corrected chi connectivity index (χ2v) is 10.4. The second-order valence-electron chi connectivity index (χ2n) is 8.44. The van der Waals surface area contributed by atoms with Gasteiger partial charge in [-0.1, -0.05) is 42.5 Å². The number of nitriles is 1. The minimum Gasteiger partial charge on any atom is -0.497 e. The lowest BCUT2D eigenvalue weighted by atomic mass is 9.94. The molecule has 0 spiro atoms. The number of hydrogen-bond acceptors (Lipinski definition) is 5. The molecule has 1 unspecified atom stereocenters. The fourth-order valence-corrected chi connectivity index (χ4v) is 5.74. The van der Waals surface area contributed by atoms with Gasteiger partial charge in [0, 0.05) is 19.0 Å². The number of hydrogen-bond donors (Lipinski definition) is 1. The van der Waals surface area contributed by atoms with Crippen LogP contribution >= 0.6 is 0 Å². The largest absolute Gasteiger partial charge is 0.497 e. The van der Waals surface area contributed by atoms with Crippen LogP contribution in [0.4, 0.5) is 0 Å². The number of carbonyl (C=O) groups excluding carboxylic acids is 1. The lowest BCUT2D eigenvalue weighted by Gasteiger charge is -2.31. The van der Waals surface area contributed by atoms with Crippen LogP contribution in [0.3, 0.4) is 0 Å². The average Bonchev–Trinajstić information content (AvgIpc) is 2.92. The summed E-state index contributed by atoms with van der Waals surface area (Å²) in [6, 6.07) is 24.9. The van der Waals surface area contributed by atoms with Crippen molar-refractivity contribution in [2.75, 3.05) is 20.2 Å². The van der Waals surface area contributed by atoms with Crippen molar-refractivity contribution in [2.24, 2.45) is 5.92 Å². The molecule has 0 radical (unpaired) electrons. The fraction of sp³-hybridized carbons (Fsp3) is 0.259. The number of methoxy groups -OCH3 is 1. The highest BCUT2D eigenvalue weighted by atomic mass is 32.2. The molecule has 3 aromatic carbocycles. The topological polar surface area (TPSA) is 99.5 Å². The third-order valence-electron chi connectivity index (χ3n) is 6.31. The maximum absolute atomic E-state index is 13.2. The van der Waals surface area contributed by atoms with Crippen LogP contribution in [-0.2, 0) is 14.8 Å². The molecule has 180 valence electrons. The minimum atomic E-state index is -3.67. The molecule has 0 bridgehead atoms. The van der Waals surface area contributed by atoms with Crippen molar-refractivity contribution < 1.29 is 17.9 Å². The summed E-state index contributed by atoms with van der Waals surface area (Å²) in [6.45, 7) is 0.526. The third kappa shape index (κ3) is 5.53. The van der Waals surface area contributed by atoms with Gasteiger partial charge in [0.15, 0.2) is 0 Å². The minimum absolute atomic E-state index is 0.0925. The van der Waals surface area contributed by atoms with Crippen molar-refractivity contribution >= 4 is 15.9 Å². The SMILES string of the molecule is COc1ccc(C(NC(=O)C2CCN(S(=O)(=O)c3ccc(C#N)cc3)CC2)c2ccccc2)cc1. The van der Waals surface area contributed by atoms with Crippen molar-refractivity contribution in [3.63, 3.8) is 0 Å². The highest BCUT2D eigenvalue weighted by Crippen LogP contribution is 2.28. The van der Waals surface area contributed by atoms with E-state index < -0.39 is 10.0 Å². The van der Waals surface area contributed by atoms with Gasteiger partial charge in [-0.3, -0.25) is 4.79 Å². The van der Waals surface area contributed by atoms with E-state index in [1.165, 1.54) is 28.6 Å². The first-order valence-electron chi connectivity index (χ1n) is 11.4. The van der Waals surface area contributed by atoms with Crippen LogP contribution in [0, 0.1) is 17.2 Å². The number of amides is 1. The zero-order valence-electron chi connectivity index (χ0n) is 19.4. The maximum atomic E-state index is 13.2. The number of sulfonamides is 1. The quantitative estimate of drug-likeness (QED) is 0.543. The van der Waals surface area contributed by atoms with Crippen LogP contribution in [-0.4, -0.2) is 38.8 Å². The summed E-state index contributed by atoms with van der Waals surface area (Å²) in [5.74, 6) is 0.361. The monoisotopic (exact) mass is 489 g/mol. The average molecular weight is 490 g/mol. The van der Waals surface area contributed by atoms with Crippen molar-refractivity contribution in [3.05, 3.63) is 95.6 Å². The normalized spacial score (nSPS) is 15.7. The van der Waals surface area contributed by atoms with Crippen LogP contribution in [0.5, 0.6) is 5.75 Å². The number of rotatable bonds is 7. The molecule has 1 aliphatic rings. The Labute approximate surface area is 206 Å². The first-order chi connectivity index (χ1) is 16.9. The van der Waals surface area contributed by atoms with Crippen LogP contribution < -0.4 is 10.1 Å². The van der Waals surface area contributed by atoms with Gasteiger partial charge in [-0.05, 0) is 60.4 Å². The molecule has 1 amide bonds. The van der Waals surface area contributed by atoms with Crippen LogP contribution in [0.2, 0.25) is 0 Å². The molecule has 0 saturated carbocycles. The Bertz CT molecular complexity index is 1290. The summed E-state index contributed by atoms with van der Waals surface area (Å²) in [4.78, 5) is 13.4. The first kappa shape index (κ1) is 24.5. The molecular weight excluding hydrogens is 462 g/mol. The fourth-order valence-electron chi connectivity index (χ4n) is 4.27. The predicted molar refractivity (Wildman–Crippen MR) is 132 cm³/mol. The zero-order chi connectivity index (χ0) is 24.8. The highest BCUT2D eigenvalue weighted by molar-refractivity contribution is 7.89. The van der Waals surface area contributed by atoms with E-state index in [4.69, 9.17) is 10.00 Å². The molecule has 4 rings (SSSR count). The molecule has 0 aliphatic carbocycles. The number of nitrogens with one attached hydrogen (secondary N) is 1. The lowest BCUT2D eigenvalue weighted by molar-refractivity contribution is -0.126. The Hall–Kier alpha value is -3.67. The number of ether oxygens (including phenoxy) is 1. The zero-order valence-corrected chi connectivity index (χ0v) is 20.2. The molecule has 1 saturated heterocycles. The Morgan fingerprint density at radius 3 is 2.14 bits per heavy atom. The van der Waals surface area contributed by atoms with E-state index in [0.717, 1.165) is 16.9 Å². The Kier molecular flexibility index (Phi) is 7.49. The van der Waals surface area contributed by atoms with Crippen LogP contribution in [0.1, 0.15) is 35.6 Å². The molecule has 1 aliphatic heterocycles. The van der Waals surface area contributed by atoms with Gasteiger partial charge in [0.25, 0.3) is 0 Å². The highest BCUT2D eigenvalue weighted by Gasteiger charge is 2.33. The van der Waals surface area contributed by atoms with Gasteiger partial charge >= 0.3 is 0 Å². The molecule has 1 atom stereocenters. The molecule has 1 N–H and O–H groups in total. The lowest BCUT2D eigenvalue weighted by Crippen LogP contribution is -2.43. The Morgan fingerprint density at radius 2 is 1.57 bits per heavy atom. The molecule has 7 nitrogen and oxygen atoms in total. The Balaban J connectivity index is 1.45. The molecular formula is C27H27N3O4S. The standard InChI is InChI=1S/C27H27N3O4S/c1-34-24-11-9-22(10-12-24)26(21-5-3-2-4-6-21)29-27(31)23-15-17-30(18-16-23)35(32,33)25-13-7-20(19-28)8-14-25/h2-14,23,26H,15-18H2,1H3,(H,29,31). The van der Waals surface area contributed by atoms with Crippen molar-refractivity contribution in [2.45, 2.75) is 23.8 Å². The van der Waals surface area contributed by atoms with E-state index >= 15 is 0 Å². The molecule has 0 aromatic heterocycles. The van der Waals surface area contributed by atoms with Crippen molar-refractivity contribution in [1.82, 2.24) is 9.62 Å². The van der Waals surface area contributed by atoms with E-state index in [0.29, 0.717) is 18.4 Å². The molecule has 1 heterocycles. The molecule has 3 aromatic rings. The van der Waals surface area contributed by atoms with Crippen molar-refractivity contribution in [1.29, 1.82) is 5.26 Å². The van der Waals surface area contributed by atoms with Gasteiger partial charge < -0.3 is 10.1 Å². The summed E-state index contributed by atoms with van der Waals surface area (Å²) >= 11 is 0. The molecule has 8 heteroatoms. The predicted octanol–water partition coefficient (Wildman–Crippen LogP) is 3.87. The summed E-state index contributed by atoms with van der Waals surface area (Å²) < 4.78 is 32.7. The van der Waals surface area contributed by atoms with E-state index in [1.807, 2.05) is 60.7 Å². The number of carbonyl (C=O) groups is 1. The summed E-state index contributed by atoms with van der Waals surface area (Å²) in [5, 5.41) is 12.1. The van der Waals surface area contributed by atoms with Gasteiger partial charge in [0.05, 0.1) is 29.7 Å². The van der Waals surface area contributed by atoms with E-state index in [1.54, 1.807) is 7.11 Å². The first-order valence-corrected chi connectivity index (χ1v) is 12.9. The van der Waals surface area contributed by atoms with E-state index in [9.17, 15) is 13.2 Å². The summed E-state index contributed by atoms with van der Waals surface area (Å²) in [6.07, 6.45) is 0.872. The number of benzene rings is 3. The van der Waals surface area contributed by atoms with Gasteiger partial charge in [0.2, 0.25) is 15.9 Å². The van der Waals surface area contributed by atoms with Crippen molar-refractivity contribution in [3.8, 4) is 11.8 Å². The maximum Gasteiger partial charge on any atom is 0.243 e. The Morgan fingerprint density at radius 1 is 0.971 bits per heavy atom. The van der Waals surface area contributed by atoms with E-state index in [-0.39, 0.29) is 35.9 Å². The second kappa shape index (κ2) is 10.7. The number of piperidine rings is 1. The number of nitrogens with zero attached hydrogens (tertiary/aromatic N) is 2. The van der Waals surface area contributed by atoms with Crippen LogP contribution in [0.15, 0.2) is 83.8 Å². The third-order valence-corrected chi connectivity index (χ3v) is 8.23.